The van der Waals surface area contributed by atoms with Crippen molar-refractivity contribution in [1.29, 1.82) is 0 Å². The smallest absolute Gasteiger partial charge is 0.117 e. The zero-order valence-electron chi connectivity index (χ0n) is 10.1. The molecule has 1 unspecified atom stereocenters. The van der Waals surface area contributed by atoms with Gasteiger partial charge in [0.25, 0.3) is 0 Å². The van der Waals surface area contributed by atoms with Crippen LogP contribution < -0.4 is 0 Å². The van der Waals surface area contributed by atoms with Crippen LogP contribution >= 0.6 is 11.5 Å². The lowest BCUT2D eigenvalue weighted by Gasteiger charge is -2.10. The van der Waals surface area contributed by atoms with Crippen molar-refractivity contribution in [2.24, 2.45) is 0 Å². The van der Waals surface area contributed by atoms with Gasteiger partial charge in [0.05, 0.1) is 10.6 Å². The molecule has 0 saturated heterocycles. The Kier molecular flexibility index (Phi) is 3.86. The summed E-state index contributed by atoms with van der Waals surface area (Å²) in [6.07, 6.45) is 1.28. The van der Waals surface area contributed by atoms with E-state index in [4.69, 9.17) is 0 Å². The summed E-state index contributed by atoms with van der Waals surface area (Å²) in [6.45, 7) is 4.13. The van der Waals surface area contributed by atoms with E-state index in [-0.39, 0.29) is 0 Å². The Morgan fingerprint density at radius 3 is 2.65 bits per heavy atom. The third kappa shape index (κ3) is 2.70. The molecule has 0 spiro atoms. The molecule has 2 rings (SSSR count). The molecule has 1 aromatic heterocycles. The Bertz CT molecular complexity index is 478. The third-order valence-electron chi connectivity index (χ3n) is 2.71. The van der Waals surface area contributed by atoms with Crippen LogP contribution in [0.15, 0.2) is 24.3 Å². The molecule has 0 amide bonds. The minimum atomic E-state index is -0.600. The largest absolute Gasteiger partial charge is 0.383 e. The van der Waals surface area contributed by atoms with Gasteiger partial charge in [-0.05, 0) is 30.4 Å². The van der Waals surface area contributed by atoms with Crippen molar-refractivity contribution in [2.45, 2.75) is 32.8 Å². The highest BCUT2D eigenvalue weighted by molar-refractivity contribution is 7.05. The maximum absolute atomic E-state index is 10.3. The predicted molar refractivity (Wildman–Crippen MR) is 69.1 cm³/mol. The van der Waals surface area contributed by atoms with Gasteiger partial charge in [0.15, 0.2) is 0 Å². The van der Waals surface area contributed by atoms with Gasteiger partial charge >= 0.3 is 0 Å². The van der Waals surface area contributed by atoms with Crippen molar-refractivity contribution in [3.8, 4) is 0 Å². The van der Waals surface area contributed by atoms with Crippen LogP contribution in [0.25, 0.3) is 0 Å². The summed E-state index contributed by atoms with van der Waals surface area (Å²) in [6, 6.07) is 7.92. The van der Waals surface area contributed by atoms with E-state index in [0.717, 1.165) is 29.0 Å². The van der Waals surface area contributed by atoms with E-state index < -0.39 is 6.10 Å². The van der Waals surface area contributed by atoms with E-state index in [1.165, 1.54) is 17.1 Å². The Morgan fingerprint density at radius 1 is 1.29 bits per heavy atom. The zero-order chi connectivity index (χ0) is 12.3. The van der Waals surface area contributed by atoms with Gasteiger partial charge in [-0.25, -0.2) is 0 Å². The van der Waals surface area contributed by atoms with Crippen molar-refractivity contribution in [1.82, 2.24) is 9.59 Å². The second kappa shape index (κ2) is 5.38. The van der Waals surface area contributed by atoms with Crippen LogP contribution in [0.5, 0.6) is 0 Å². The van der Waals surface area contributed by atoms with Crippen molar-refractivity contribution in [2.75, 3.05) is 0 Å². The highest BCUT2D eigenvalue weighted by Crippen LogP contribution is 2.27. The lowest BCUT2D eigenvalue weighted by Crippen LogP contribution is -2.01. The molecule has 3 nitrogen and oxygen atoms in total. The molecule has 90 valence electrons. The van der Waals surface area contributed by atoms with Crippen molar-refractivity contribution < 1.29 is 5.11 Å². The van der Waals surface area contributed by atoms with Gasteiger partial charge in [-0.3, -0.25) is 0 Å². The van der Waals surface area contributed by atoms with E-state index in [1.807, 2.05) is 31.2 Å². The Balaban J connectivity index is 2.26. The number of benzene rings is 1. The number of aliphatic hydroxyl groups is 1. The topological polar surface area (TPSA) is 46.0 Å². The van der Waals surface area contributed by atoms with Crippen LogP contribution in [0.4, 0.5) is 0 Å². The summed E-state index contributed by atoms with van der Waals surface area (Å²) in [4.78, 5) is 0.871. The zero-order valence-corrected chi connectivity index (χ0v) is 10.9. The highest BCUT2D eigenvalue weighted by atomic mass is 32.1. The van der Waals surface area contributed by atoms with Gasteiger partial charge < -0.3 is 5.11 Å². The van der Waals surface area contributed by atoms with Crippen molar-refractivity contribution in [3.63, 3.8) is 0 Å². The molecule has 0 radical (unpaired) electrons. The Morgan fingerprint density at radius 2 is 2.00 bits per heavy atom. The van der Waals surface area contributed by atoms with Crippen LogP contribution in [0, 0.1) is 6.92 Å². The lowest BCUT2D eigenvalue weighted by atomic mass is 10.0. The fourth-order valence-electron chi connectivity index (χ4n) is 1.73. The maximum atomic E-state index is 10.3. The van der Waals surface area contributed by atoms with Gasteiger partial charge in [0.2, 0.25) is 0 Å². The fraction of sp³-hybridized carbons (Fsp3) is 0.385. The highest BCUT2D eigenvalue weighted by Gasteiger charge is 2.17. The summed E-state index contributed by atoms with van der Waals surface area (Å²) in [7, 11) is 0. The third-order valence-corrected chi connectivity index (χ3v) is 3.53. The molecular formula is C13H16N2OS. The van der Waals surface area contributed by atoms with Crippen LogP contribution in [0.2, 0.25) is 0 Å². The van der Waals surface area contributed by atoms with Crippen molar-refractivity contribution in [3.05, 3.63) is 46.0 Å². The SMILES string of the molecule is CCCc1nnsc1C(O)c1ccc(C)cc1. The van der Waals surface area contributed by atoms with Gasteiger partial charge in [-0.1, -0.05) is 47.7 Å². The number of hydrogen-bond acceptors (Lipinski definition) is 4. The maximum Gasteiger partial charge on any atom is 0.117 e. The van der Waals surface area contributed by atoms with Crippen LogP contribution in [0.3, 0.4) is 0 Å². The molecule has 0 bridgehead atoms. The van der Waals surface area contributed by atoms with E-state index in [1.54, 1.807) is 0 Å². The monoisotopic (exact) mass is 248 g/mol. The van der Waals surface area contributed by atoms with E-state index >= 15 is 0 Å². The molecule has 0 aliphatic carbocycles. The molecule has 0 saturated carbocycles. The molecule has 0 fully saturated rings. The van der Waals surface area contributed by atoms with Crippen LogP contribution in [-0.4, -0.2) is 14.7 Å². The van der Waals surface area contributed by atoms with Crippen LogP contribution in [0.1, 0.15) is 41.1 Å². The first-order valence-corrected chi connectivity index (χ1v) is 6.55. The molecule has 2 aromatic rings. The quantitative estimate of drug-likeness (QED) is 0.905. The van der Waals surface area contributed by atoms with E-state index in [9.17, 15) is 5.11 Å². The van der Waals surface area contributed by atoms with Crippen molar-refractivity contribution >= 4 is 11.5 Å². The summed E-state index contributed by atoms with van der Waals surface area (Å²) in [5, 5.41) is 14.4. The number of rotatable bonds is 4. The normalized spacial score (nSPS) is 12.6. The predicted octanol–water partition coefficient (Wildman–Crippen LogP) is 2.88. The summed E-state index contributed by atoms with van der Waals surface area (Å²) < 4.78 is 3.94. The molecular weight excluding hydrogens is 232 g/mol. The van der Waals surface area contributed by atoms with Gasteiger partial charge in [0.1, 0.15) is 6.10 Å². The molecule has 4 heteroatoms. The molecule has 0 aliphatic heterocycles. The molecule has 1 atom stereocenters. The second-order valence-electron chi connectivity index (χ2n) is 4.15. The number of nitrogens with zero attached hydrogens (tertiary/aromatic N) is 2. The fourth-order valence-corrected chi connectivity index (χ4v) is 2.45. The van der Waals surface area contributed by atoms with Gasteiger partial charge in [0, 0.05) is 0 Å². The number of aliphatic hydroxyl groups excluding tert-OH is 1. The van der Waals surface area contributed by atoms with Gasteiger partial charge in [-0.15, -0.1) is 5.10 Å². The minimum Gasteiger partial charge on any atom is -0.383 e. The number of hydrogen-bond donors (Lipinski definition) is 1. The average molecular weight is 248 g/mol. The second-order valence-corrected chi connectivity index (χ2v) is 4.93. The average Bonchev–Trinajstić information content (AvgIpc) is 2.78. The summed E-state index contributed by atoms with van der Waals surface area (Å²) in [5.41, 5.74) is 3.02. The molecule has 17 heavy (non-hydrogen) atoms. The molecule has 1 heterocycles. The summed E-state index contributed by atoms with van der Waals surface area (Å²) in [5.74, 6) is 0. The first kappa shape index (κ1) is 12.2. The van der Waals surface area contributed by atoms with Gasteiger partial charge in [-0.2, -0.15) is 0 Å². The van der Waals surface area contributed by atoms with Crippen LogP contribution in [-0.2, 0) is 6.42 Å². The molecule has 1 N–H and O–H groups in total. The molecule has 0 aliphatic rings. The van der Waals surface area contributed by atoms with E-state index in [0.29, 0.717) is 0 Å². The lowest BCUT2D eigenvalue weighted by molar-refractivity contribution is 0.222. The minimum absolute atomic E-state index is 0.600. The van der Waals surface area contributed by atoms with E-state index in [2.05, 4.69) is 16.5 Å². The Hall–Kier alpha value is -1.26. The molecule has 1 aromatic carbocycles. The summed E-state index contributed by atoms with van der Waals surface area (Å²) >= 11 is 1.29. The number of aromatic nitrogens is 2. The first-order valence-electron chi connectivity index (χ1n) is 5.78. The standard InChI is InChI=1S/C13H16N2OS/c1-3-4-11-13(17-15-14-11)12(16)10-7-5-9(2)6-8-10/h5-8,12,16H,3-4H2,1-2H3. The Labute approximate surface area is 105 Å². The first-order chi connectivity index (χ1) is 8.22. The number of aryl methyl sites for hydroxylation is 2.